The molecular weight excluding hydrogens is 461 g/mol. The maximum atomic E-state index is 13.1. The Balaban J connectivity index is 1.64. The van der Waals surface area contributed by atoms with E-state index < -0.39 is 16.1 Å². The molecular formula is C21H13Cl2N3O4S. The van der Waals surface area contributed by atoms with Crippen LogP contribution in [0.4, 0.5) is 11.4 Å². The number of fused-ring (bicyclic) bond motifs is 1. The second kappa shape index (κ2) is 8.97. The van der Waals surface area contributed by atoms with Crippen LogP contribution in [0.3, 0.4) is 0 Å². The van der Waals surface area contributed by atoms with Crippen molar-refractivity contribution < 1.29 is 14.1 Å². The highest BCUT2D eigenvalue weighted by atomic mass is 35.5. The number of halogens is 2. The molecule has 0 saturated carbocycles. The van der Waals surface area contributed by atoms with E-state index in [0.717, 1.165) is 11.8 Å². The number of anilines is 1. The third kappa shape index (κ3) is 4.82. The molecule has 10 heteroatoms. The number of carbonyl (C=O) groups is 1. The van der Waals surface area contributed by atoms with Crippen LogP contribution < -0.4 is 5.32 Å². The highest BCUT2D eigenvalue weighted by molar-refractivity contribution is 8.00. The number of nitrogens with one attached hydrogen (secondary N) is 1. The summed E-state index contributed by atoms with van der Waals surface area (Å²) in [4.78, 5) is 28.1. The predicted molar refractivity (Wildman–Crippen MR) is 121 cm³/mol. The molecule has 31 heavy (non-hydrogen) atoms. The van der Waals surface area contributed by atoms with Gasteiger partial charge in [-0.15, -0.1) is 0 Å². The third-order valence-electron chi connectivity index (χ3n) is 4.30. The van der Waals surface area contributed by atoms with Gasteiger partial charge < -0.3 is 9.73 Å². The summed E-state index contributed by atoms with van der Waals surface area (Å²) < 4.78 is 5.75. The fourth-order valence-corrected chi connectivity index (χ4v) is 4.17. The van der Waals surface area contributed by atoms with Gasteiger partial charge in [0.2, 0.25) is 5.91 Å². The van der Waals surface area contributed by atoms with E-state index in [4.69, 9.17) is 27.6 Å². The van der Waals surface area contributed by atoms with Crippen LogP contribution >= 0.6 is 35.0 Å². The van der Waals surface area contributed by atoms with Crippen molar-refractivity contribution in [3.8, 4) is 0 Å². The van der Waals surface area contributed by atoms with Gasteiger partial charge in [-0.25, -0.2) is 4.98 Å². The van der Waals surface area contributed by atoms with Crippen molar-refractivity contribution in [1.82, 2.24) is 4.98 Å². The monoisotopic (exact) mass is 473 g/mol. The number of hydrogen-bond donors (Lipinski definition) is 1. The first kappa shape index (κ1) is 21.2. The molecule has 3 aromatic carbocycles. The van der Waals surface area contributed by atoms with Gasteiger partial charge in [0.15, 0.2) is 5.58 Å². The van der Waals surface area contributed by atoms with E-state index >= 15 is 0 Å². The van der Waals surface area contributed by atoms with Gasteiger partial charge in [-0.1, -0.05) is 53.5 Å². The Labute approximate surface area is 190 Å². The van der Waals surface area contributed by atoms with Crippen molar-refractivity contribution in [2.45, 2.75) is 10.5 Å². The van der Waals surface area contributed by atoms with Crippen LogP contribution in [0, 0.1) is 10.1 Å². The van der Waals surface area contributed by atoms with E-state index in [9.17, 15) is 14.9 Å². The molecule has 1 N–H and O–H groups in total. The van der Waals surface area contributed by atoms with Gasteiger partial charge in [-0.05, 0) is 47.7 Å². The molecule has 0 spiro atoms. The molecule has 1 unspecified atom stereocenters. The molecule has 4 aromatic rings. The summed E-state index contributed by atoms with van der Waals surface area (Å²) in [6.07, 6.45) is 0. The SMILES string of the molecule is O=C(Nc1ccc(Cl)c([N+](=O)[O-])c1)C(Sc1nc2cc(Cl)ccc2o1)c1ccccc1. The fraction of sp³-hybridized carbons (Fsp3) is 0.0476. The first-order valence-electron chi connectivity index (χ1n) is 8.93. The van der Waals surface area contributed by atoms with Gasteiger partial charge in [0.1, 0.15) is 15.8 Å². The van der Waals surface area contributed by atoms with Crippen LogP contribution in [0.25, 0.3) is 11.1 Å². The number of oxazole rings is 1. The number of carbonyl (C=O) groups excluding carboxylic acids is 1. The molecule has 7 nitrogen and oxygen atoms in total. The molecule has 1 atom stereocenters. The lowest BCUT2D eigenvalue weighted by Gasteiger charge is -2.15. The van der Waals surface area contributed by atoms with Crippen LogP contribution in [0.15, 0.2) is 76.4 Å². The number of nitro benzene ring substituents is 1. The van der Waals surface area contributed by atoms with Gasteiger partial charge >= 0.3 is 0 Å². The Bertz CT molecular complexity index is 1280. The molecule has 0 aliphatic rings. The largest absolute Gasteiger partial charge is 0.431 e. The summed E-state index contributed by atoms with van der Waals surface area (Å²) in [5, 5.41) is 13.9. The van der Waals surface area contributed by atoms with Gasteiger partial charge in [0.25, 0.3) is 10.9 Å². The number of nitro groups is 1. The van der Waals surface area contributed by atoms with E-state index in [2.05, 4.69) is 10.3 Å². The minimum Gasteiger partial charge on any atom is -0.431 e. The molecule has 0 radical (unpaired) electrons. The summed E-state index contributed by atoms with van der Waals surface area (Å²) in [7, 11) is 0. The zero-order chi connectivity index (χ0) is 22.0. The molecule has 0 fully saturated rings. The second-order valence-electron chi connectivity index (χ2n) is 6.41. The van der Waals surface area contributed by atoms with Crippen molar-refractivity contribution in [1.29, 1.82) is 0 Å². The van der Waals surface area contributed by atoms with Crippen LogP contribution in [-0.4, -0.2) is 15.8 Å². The molecule has 0 aliphatic carbocycles. The zero-order valence-electron chi connectivity index (χ0n) is 15.6. The van der Waals surface area contributed by atoms with Crippen molar-refractivity contribution in [2.24, 2.45) is 0 Å². The average Bonchev–Trinajstić information content (AvgIpc) is 3.15. The summed E-state index contributed by atoms with van der Waals surface area (Å²) in [5.41, 5.74) is 1.81. The van der Waals surface area contributed by atoms with E-state index in [1.165, 1.54) is 18.2 Å². The second-order valence-corrected chi connectivity index (χ2v) is 8.31. The van der Waals surface area contributed by atoms with E-state index in [-0.39, 0.29) is 16.4 Å². The van der Waals surface area contributed by atoms with Gasteiger partial charge in [0.05, 0.1) is 4.92 Å². The summed E-state index contributed by atoms with van der Waals surface area (Å²) in [5.74, 6) is -0.395. The standard InChI is InChI=1S/C21H13Cl2N3O4S/c22-13-6-9-18-16(10-13)25-21(30-18)31-19(12-4-2-1-3-5-12)20(27)24-14-7-8-15(23)17(11-14)26(28)29/h1-11,19H,(H,24,27). The van der Waals surface area contributed by atoms with Crippen molar-refractivity contribution in [3.63, 3.8) is 0 Å². The smallest absolute Gasteiger partial charge is 0.289 e. The van der Waals surface area contributed by atoms with E-state index in [1.807, 2.05) is 18.2 Å². The Morgan fingerprint density at radius 3 is 2.61 bits per heavy atom. The maximum absolute atomic E-state index is 13.1. The molecule has 4 rings (SSSR count). The minimum atomic E-state index is -0.723. The van der Waals surface area contributed by atoms with Gasteiger partial charge in [-0.2, -0.15) is 0 Å². The molecule has 156 valence electrons. The highest BCUT2D eigenvalue weighted by Gasteiger charge is 2.25. The molecule has 1 amide bonds. The molecule has 0 bridgehead atoms. The highest BCUT2D eigenvalue weighted by Crippen LogP contribution is 2.38. The number of amides is 1. The van der Waals surface area contributed by atoms with E-state index in [1.54, 1.807) is 30.3 Å². The number of nitrogens with zero attached hydrogens (tertiary/aromatic N) is 2. The summed E-state index contributed by atoms with van der Waals surface area (Å²) in [6, 6.07) is 18.2. The van der Waals surface area contributed by atoms with Gasteiger partial charge in [-0.3, -0.25) is 14.9 Å². The molecule has 1 heterocycles. The van der Waals surface area contributed by atoms with Crippen LogP contribution in [0.1, 0.15) is 10.8 Å². The molecule has 1 aromatic heterocycles. The maximum Gasteiger partial charge on any atom is 0.289 e. The average molecular weight is 474 g/mol. The number of aromatic nitrogens is 1. The van der Waals surface area contributed by atoms with Crippen LogP contribution in [-0.2, 0) is 4.79 Å². The Morgan fingerprint density at radius 2 is 1.87 bits per heavy atom. The predicted octanol–water partition coefficient (Wildman–Crippen LogP) is 6.51. The van der Waals surface area contributed by atoms with Crippen LogP contribution in [0.5, 0.6) is 0 Å². The normalized spacial score (nSPS) is 11.9. The molecule has 0 aliphatic heterocycles. The lowest BCUT2D eigenvalue weighted by molar-refractivity contribution is -0.384. The topological polar surface area (TPSA) is 98.3 Å². The fourth-order valence-electron chi connectivity index (χ4n) is 2.87. The quantitative estimate of drug-likeness (QED) is 0.194. The minimum absolute atomic E-state index is 0.0119. The number of rotatable bonds is 6. The van der Waals surface area contributed by atoms with Crippen molar-refractivity contribution in [3.05, 3.63) is 92.5 Å². The lowest BCUT2D eigenvalue weighted by atomic mass is 10.1. The van der Waals surface area contributed by atoms with E-state index in [0.29, 0.717) is 26.9 Å². The number of thioether (sulfide) groups is 1. The number of hydrogen-bond acceptors (Lipinski definition) is 6. The lowest BCUT2D eigenvalue weighted by Crippen LogP contribution is -2.19. The Kier molecular flexibility index (Phi) is 6.13. The first-order valence-corrected chi connectivity index (χ1v) is 10.6. The number of benzene rings is 3. The summed E-state index contributed by atoms with van der Waals surface area (Å²) in [6.45, 7) is 0. The van der Waals surface area contributed by atoms with Crippen molar-refractivity contribution in [2.75, 3.05) is 5.32 Å². The molecule has 0 saturated heterocycles. The van der Waals surface area contributed by atoms with Crippen molar-refractivity contribution >= 4 is 63.3 Å². The Hall–Kier alpha value is -3.07. The van der Waals surface area contributed by atoms with Gasteiger partial charge in [0, 0.05) is 16.8 Å². The van der Waals surface area contributed by atoms with Crippen LogP contribution in [0.2, 0.25) is 10.0 Å². The Morgan fingerprint density at radius 1 is 1.10 bits per heavy atom. The first-order chi connectivity index (χ1) is 14.9. The third-order valence-corrected chi connectivity index (χ3v) is 5.95. The summed E-state index contributed by atoms with van der Waals surface area (Å²) >= 11 is 13.0. The zero-order valence-corrected chi connectivity index (χ0v) is 17.9.